The van der Waals surface area contributed by atoms with Crippen LogP contribution in [0.3, 0.4) is 0 Å². The summed E-state index contributed by atoms with van der Waals surface area (Å²) >= 11 is 0. The van der Waals surface area contributed by atoms with E-state index in [1.807, 2.05) is 0 Å². The molecule has 1 heterocycles. The molecular formula is C31H31N5O6S. The van der Waals surface area contributed by atoms with Crippen LogP contribution in [0.1, 0.15) is 13.0 Å². The molecule has 0 fully saturated rings. The fourth-order valence-corrected chi connectivity index (χ4v) is 5.22. The number of para-hydroxylation sites is 2. The molecule has 0 aliphatic heterocycles. The van der Waals surface area contributed by atoms with Gasteiger partial charge in [-0.3, -0.25) is 9.52 Å². The quantitative estimate of drug-likeness (QED) is 0.158. The molecule has 0 atom stereocenters. The number of fused-ring (bicyclic) bond motifs is 1. The van der Waals surface area contributed by atoms with E-state index >= 15 is 0 Å². The third kappa shape index (κ3) is 7.49. The number of aromatic hydroxyl groups is 1. The topological polar surface area (TPSA) is 152 Å². The number of methoxy groups -OCH3 is 2. The number of nitrogens with zero attached hydrogens (tertiary/aromatic N) is 2. The SMILES string of the molecule is C.COc1cccc(CC(=O)Nc2cccc(S(=O)(=O)Nc3nc4ccccc4nc3Nc3cc(O)cc(OC)c3)c2)c1. The van der Waals surface area contributed by atoms with E-state index in [0.29, 0.717) is 33.9 Å². The molecule has 4 aromatic carbocycles. The average Bonchev–Trinajstić information content (AvgIpc) is 2.97. The molecule has 0 bridgehead atoms. The van der Waals surface area contributed by atoms with Crippen LogP contribution in [0.5, 0.6) is 17.2 Å². The van der Waals surface area contributed by atoms with Gasteiger partial charge in [0.2, 0.25) is 5.91 Å². The van der Waals surface area contributed by atoms with Crippen molar-refractivity contribution in [3.05, 3.63) is 96.6 Å². The second-order valence-corrected chi connectivity index (χ2v) is 10.8. The van der Waals surface area contributed by atoms with Gasteiger partial charge in [0.05, 0.1) is 36.6 Å². The number of aromatic nitrogens is 2. The first-order valence-corrected chi connectivity index (χ1v) is 14.2. The predicted octanol–water partition coefficient (Wildman–Crippen LogP) is 5.71. The third-order valence-corrected chi connectivity index (χ3v) is 7.45. The number of anilines is 4. The van der Waals surface area contributed by atoms with Crippen molar-refractivity contribution in [1.82, 2.24) is 9.97 Å². The summed E-state index contributed by atoms with van der Waals surface area (Å²) in [6.45, 7) is 0. The van der Waals surface area contributed by atoms with Crippen molar-refractivity contribution in [2.45, 2.75) is 18.7 Å². The van der Waals surface area contributed by atoms with E-state index in [-0.39, 0.29) is 42.0 Å². The first-order chi connectivity index (χ1) is 20.2. The molecule has 43 heavy (non-hydrogen) atoms. The molecule has 4 N–H and O–H groups in total. The Bertz CT molecular complexity index is 1880. The van der Waals surface area contributed by atoms with Crippen molar-refractivity contribution in [3.63, 3.8) is 0 Å². The lowest BCUT2D eigenvalue weighted by molar-refractivity contribution is -0.115. The van der Waals surface area contributed by atoms with E-state index in [0.717, 1.165) is 5.56 Å². The van der Waals surface area contributed by atoms with Gasteiger partial charge in [0.1, 0.15) is 17.2 Å². The Morgan fingerprint density at radius 2 is 1.49 bits per heavy atom. The third-order valence-electron chi connectivity index (χ3n) is 6.12. The van der Waals surface area contributed by atoms with Gasteiger partial charge < -0.3 is 25.2 Å². The number of ether oxygens (including phenoxy) is 2. The van der Waals surface area contributed by atoms with Crippen LogP contribution in [-0.4, -0.2) is 43.6 Å². The van der Waals surface area contributed by atoms with Crippen LogP contribution < -0.4 is 24.8 Å². The van der Waals surface area contributed by atoms with Gasteiger partial charge in [0, 0.05) is 29.6 Å². The molecule has 5 aromatic rings. The Labute approximate surface area is 249 Å². The number of benzene rings is 4. The van der Waals surface area contributed by atoms with Crippen molar-refractivity contribution < 1.29 is 27.8 Å². The Hall–Kier alpha value is -5.36. The summed E-state index contributed by atoms with van der Waals surface area (Å²) in [5.74, 6) is 0.681. The van der Waals surface area contributed by atoms with Gasteiger partial charge in [0.15, 0.2) is 11.6 Å². The highest BCUT2D eigenvalue weighted by atomic mass is 32.2. The summed E-state index contributed by atoms with van der Waals surface area (Å²) in [5.41, 5.74) is 2.44. The van der Waals surface area contributed by atoms with Crippen LogP contribution in [0.2, 0.25) is 0 Å². The van der Waals surface area contributed by atoms with E-state index in [1.54, 1.807) is 67.8 Å². The lowest BCUT2D eigenvalue weighted by atomic mass is 10.1. The zero-order chi connectivity index (χ0) is 29.7. The van der Waals surface area contributed by atoms with Gasteiger partial charge in [-0.05, 0) is 48.0 Å². The lowest BCUT2D eigenvalue weighted by Gasteiger charge is -2.15. The number of phenolic OH excluding ortho intramolecular Hbond substituents is 1. The van der Waals surface area contributed by atoms with Crippen molar-refractivity contribution in [1.29, 1.82) is 0 Å². The molecule has 0 radical (unpaired) electrons. The second kappa shape index (κ2) is 13.1. The van der Waals surface area contributed by atoms with Gasteiger partial charge in [-0.2, -0.15) is 0 Å². The fourth-order valence-electron chi connectivity index (χ4n) is 4.17. The molecule has 0 unspecified atom stereocenters. The van der Waals surface area contributed by atoms with E-state index < -0.39 is 10.0 Å². The number of carbonyl (C=O) groups is 1. The highest BCUT2D eigenvalue weighted by Gasteiger charge is 2.20. The number of carbonyl (C=O) groups excluding carboxylic acids is 1. The van der Waals surface area contributed by atoms with E-state index in [1.165, 1.54) is 37.4 Å². The lowest BCUT2D eigenvalue weighted by Crippen LogP contribution is -2.17. The first-order valence-electron chi connectivity index (χ1n) is 12.7. The van der Waals surface area contributed by atoms with E-state index in [4.69, 9.17) is 9.47 Å². The van der Waals surface area contributed by atoms with Gasteiger partial charge in [-0.25, -0.2) is 18.4 Å². The number of nitrogens with one attached hydrogen (secondary N) is 3. The molecule has 1 amide bonds. The van der Waals surface area contributed by atoms with Gasteiger partial charge >= 0.3 is 0 Å². The highest BCUT2D eigenvalue weighted by molar-refractivity contribution is 7.92. The maximum absolute atomic E-state index is 13.5. The standard InChI is InChI=1S/C30H27N5O6S.CH4/c1-40-23-9-5-7-19(13-23)14-28(37)31-20-8-6-10-25(17-20)42(38,39)35-30-29(33-26-11-3-4-12-27(26)34-30)32-21-15-22(36)18-24(16-21)41-2;/h3-13,15-18,36H,14H2,1-2H3,(H,31,37)(H,32,33)(H,34,35);1H4. The Morgan fingerprint density at radius 1 is 0.791 bits per heavy atom. The van der Waals surface area contributed by atoms with E-state index in [9.17, 15) is 18.3 Å². The molecule has 12 heteroatoms. The van der Waals surface area contributed by atoms with E-state index in [2.05, 4.69) is 25.3 Å². The molecule has 0 spiro atoms. The fraction of sp³-hybridized carbons (Fsp3) is 0.129. The van der Waals surface area contributed by atoms with Crippen LogP contribution in [-0.2, 0) is 21.2 Å². The summed E-state index contributed by atoms with van der Waals surface area (Å²) in [7, 11) is -1.17. The number of sulfonamides is 1. The van der Waals surface area contributed by atoms with Crippen molar-refractivity contribution in [2.24, 2.45) is 0 Å². The van der Waals surface area contributed by atoms with Crippen LogP contribution in [0.4, 0.5) is 23.0 Å². The zero-order valence-corrected chi connectivity index (χ0v) is 23.5. The number of amides is 1. The Morgan fingerprint density at radius 3 is 2.21 bits per heavy atom. The number of rotatable bonds is 10. The molecule has 1 aromatic heterocycles. The maximum atomic E-state index is 13.5. The Balaban J connectivity index is 0.00000423. The summed E-state index contributed by atoms with van der Waals surface area (Å²) in [6.07, 6.45) is 0.0773. The largest absolute Gasteiger partial charge is 0.508 e. The minimum absolute atomic E-state index is 0. The molecule has 0 aliphatic rings. The predicted molar refractivity (Wildman–Crippen MR) is 167 cm³/mol. The van der Waals surface area contributed by atoms with Crippen LogP contribution in [0.15, 0.2) is 95.9 Å². The van der Waals surface area contributed by atoms with Crippen LogP contribution >= 0.6 is 0 Å². The molecule has 0 saturated carbocycles. The summed E-state index contributed by atoms with van der Waals surface area (Å²) in [4.78, 5) is 21.6. The number of hydrogen-bond donors (Lipinski definition) is 4. The average molecular weight is 602 g/mol. The minimum atomic E-state index is -4.18. The number of phenols is 1. The van der Waals surface area contributed by atoms with Crippen molar-refractivity contribution >= 4 is 50.0 Å². The molecule has 222 valence electrons. The monoisotopic (exact) mass is 601 g/mol. The molecule has 0 saturated heterocycles. The van der Waals surface area contributed by atoms with Crippen LogP contribution in [0, 0.1) is 0 Å². The smallest absolute Gasteiger partial charge is 0.263 e. The summed E-state index contributed by atoms with van der Waals surface area (Å²) < 4.78 is 39.9. The zero-order valence-electron chi connectivity index (χ0n) is 22.7. The molecule has 0 aliphatic carbocycles. The second-order valence-electron chi connectivity index (χ2n) is 9.16. The Kier molecular flexibility index (Phi) is 9.31. The van der Waals surface area contributed by atoms with Gasteiger partial charge in [-0.15, -0.1) is 0 Å². The molecule has 5 rings (SSSR count). The first kappa shape index (κ1) is 30.6. The van der Waals surface area contributed by atoms with Crippen molar-refractivity contribution in [2.75, 3.05) is 29.6 Å². The minimum Gasteiger partial charge on any atom is -0.508 e. The molecule has 11 nitrogen and oxygen atoms in total. The highest BCUT2D eigenvalue weighted by Crippen LogP contribution is 2.31. The normalized spacial score (nSPS) is 10.8. The summed E-state index contributed by atoms with van der Waals surface area (Å²) in [6, 6.07) is 24.5. The number of hydrogen-bond acceptors (Lipinski definition) is 9. The van der Waals surface area contributed by atoms with Gasteiger partial charge in [0.25, 0.3) is 10.0 Å². The molecular weight excluding hydrogens is 570 g/mol. The van der Waals surface area contributed by atoms with Crippen LogP contribution in [0.25, 0.3) is 11.0 Å². The maximum Gasteiger partial charge on any atom is 0.263 e. The van der Waals surface area contributed by atoms with Crippen molar-refractivity contribution in [3.8, 4) is 17.2 Å². The van der Waals surface area contributed by atoms with Gasteiger partial charge in [-0.1, -0.05) is 37.8 Å². The summed E-state index contributed by atoms with van der Waals surface area (Å²) in [5, 5.41) is 15.8.